The minimum absolute atomic E-state index is 1.21. The van der Waals surface area contributed by atoms with Crippen LogP contribution in [0, 0.1) is 0 Å². The number of rotatable bonds is 100. The van der Waals surface area contributed by atoms with Gasteiger partial charge in [0.2, 0.25) is 0 Å². The number of allylic oxidation sites excluding steroid dienone is 1. The van der Waals surface area contributed by atoms with E-state index in [4.69, 9.17) is 0 Å². The molecule has 0 aromatic heterocycles. The van der Waals surface area contributed by atoms with Gasteiger partial charge in [0.05, 0.1) is 0 Å². The van der Waals surface area contributed by atoms with E-state index < -0.39 is 0 Å². The normalized spacial score (nSPS) is 11.8. The van der Waals surface area contributed by atoms with Crippen LogP contribution >= 0.6 is 0 Å². The highest BCUT2D eigenvalue weighted by atomic mass is 14.1. The first kappa shape index (κ1) is 103. The Balaban J connectivity index is 3.09. The Labute approximate surface area is 657 Å². The summed E-state index contributed by atoms with van der Waals surface area (Å²) in [5.74, 6) is 0. The summed E-state index contributed by atoms with van der Waals surface area (Å²) in [6.07, 6.45) is 151. The molecule has 0 spiro atoms. The maximum atomic E-state index is 3.83. The molecule has 618 valence electrons. The molecule has 0 bridgehead atoms. The highest BCUT2D eigenvalue weighted by Gasteiger charge is 2.04. The maximum absolute atomic E-state index is 3.83. The Kier molecular flexibility index (Phi) is 101. The maximum Gasteiger partial charge on any atom is -0.0353 e. The Hall–Kier alpha value is -0.260. The van der Waals surface area contributed by atoms with Crippen molar-refractivity contribution >= 4 is 0 Å². The van der Waals surface area contributed by atoms with Gasteiger partial charge in [0, 0.05) is 0 Å². The fourth-order valence-corrected chi connectivity index (χ4v) is 17.5. The molecule has 0 aromatic carbocycles. The van der Waals surface area contributed by atoms with E-state index in [2.05, 4.69) is 19.6 Å². The molecule has 0 unspecified atom stereocenters. The topological polar surface area (TPSA) is 0 Å². The van der Waals surface area contributed by atoms with Crippen molar-refractivity contribution in [3.8, 4) is 0 Å². The van der Waals surface area contributed by atoms with Crippen molar-refractivity contribution in [3.63, 3.8) is 0 Å². The van der Waals surface area contributed by atoms with Crippen LogP contribution in [-0.4, -0.2) is 0 Å². The van der Waals surface area contributed by atoms with Crippen molar-refractivity contribution in [1.82, 2.24) is 0 Å². The molecule has 0 aromatic rings. The summed E-state index contributed by atoms with van der Waals surface area (Å²) < 4.78 is 0. The average Bonchev–Trinajstić information content (AvgIpc) is 3.71. The van der Waals surface area contributed by atoms with Crippen LogP contribution in [0.3, 0.4) is 0 Å². The van der Waals surface area contributed by atoms with Gasteiger partial charge < -0.3 is 0 Å². The molecule has 0 atom stereocenters. The van der Waals surface area contributed by atoms with Crippen molar-refractivity contribution in [2.45, 2.75) is 649 Å². The molecular weight excluding hydrogens is 1240 g/mol. The lowest BCUT2D eigenvalue weighted by Crippen LogP contribution is -1.85. The molecule has 0 rings (SSSR count). The van der Waals surface area contributed by atoms with Gasteiger partial charge in [0.1, 0.15) is 0 Å². The Morgan fingerprint density at radius 2 is 0.155 bits per heavy atom. The minimum Gasteiger partial charge on any atom is -0.103 e. The third-order valence-corrected chi connectivity index (χ3v) is 25.0. The lowest BCUT2D eigenvalue weighted by atomic mass is 10.0. The first-order valence-corrected chi connectivity index (χ1v) is 51.0. The fourth-order valence-electron chi connectivity index (χ4n) is 17.5. The van der Waals surface area contributed by atoms with E-state index in [9.17, 15) is 0 Å². The molecular formula is C103H206. The second-order valence-electron chi connectivity index (χ2n) is 35.7. The van der Waals surface area contributed by atoms with Gasteiger partial charge in [-0.05, 0) is 12.8 Å². The second-order valence-corrected chi connectivity index (χ2v) is 35.7. The molecule has 0 heteroatoms. The first-order chi connectivity index (χ1) is 51.4. The van der Waals surface area contributed by atoms with E-state index >= 15 is 0 Å². The quantitative estimate of drug-likeness (QED) is 0.0421. The van der Waals surface area contributed by atoms with Crippen LogP contribution in [0.15, 0.2) is 12.7 Å². The van der Waals surface area contributed by atoms with Gasteiger partial charge in [-0.25, -0.2) is 0 Å². The zero-order valence-corrected chi connectivity index (χ0v) is 73.0. The molecule has 0 aliphatic rings. The predicted molar refractivity (Wildman–Crippen MR) is 478 cm³/mol. The zero-order valence-electron chi connectivity index (χ0n) is 73.0. The Morgan fingerprint density at radius 1 is 0.0971 bits per heavy atom. The SMILES string of the molecule is C=CCCCCCCCCCCCCCCCCCCCCCCCCCCCCCCCCCCCCCCCCCCCCCCCCCCCCCCCCCCCCCCCCCCCCCCCCCCCCCCCCCCCCCCCCCCCCCCCCCCCCC. The van der Waals surface area contributed by atoms with E-state index in [0.717, 1.165) is 0 Å². The molecule has 0 radical (unpaired) electrons. The third-order valence-electron chi connectivity index (χ3n) is 25.0. The molecule has 0 aliphatic carbocycles. The minimum atomic E-state index is 1.21. The number of hydrogen-bond acceptors (Lipinski definition) is 0. The predicted octanol–water partition coefficient (Wildman–Crippen LogP) is 40.2. The molecule has 0 amide bonds. The van der Waals surface area contributed by atoms with E-state index in [1.54, 1.807) is 0 Å². The van der Waals surface area contributed by atoms with Gasteiger partial charge in [-0.2, -0.15) is 0 Å². The van der Waals surface area contributed by atoms with Crippen LogP contribution in [0.4, 0.5) is 0 Å². The van der Waals surface area contributed by atoms with E-state index in [-0.39, 0.29) is 0 Å². The lowest BCUT2D eigenvalue weighted by Gasteiger charge is -2.05. The molecule has 0 N–H and O–H groups in total. The summed E-state index contributed by atoms with van der Waals surface area (Å²) in [6.45, 7) is 6.15. The van der Waals surface area contributed by atoms with Crippen molar-refractivity contribution < 1.29 is 0 Å². The molecule has 0 saturated carbocycles. The van der Waals surface area contributed by atoms with Gasteiger partial charge in [-0.15, -0.1) is 6.58 Å². The smallest absolute Gasteiger partial charge is 0.0353 e. The Morgan fingerprint density at radius 3 is 0.214 bits per heavy atom. The summed E-state index contributed by atoms with van der Waals surface area (Å²) in [4.78, 5) is 0. The van der Waals surface area contributed by atoms with Gasteiger partial charge in [0.25, 0.3) is 0 Å². The average molecular weight is 1440 g/mol. The van der Waals surface area contributed by atoms with Gasteiger partial charge in [-0.3, -0.25) is 0 Å². The summed E-state index contributed by atoms with van der Waals surface area (Å²) >= 11 is 0. The molecule has 0 heterocycles. The van der Waals surface area contributed by atoms with Crippen LogP contribution in [0.25, 0.3) is 0 Å². The molecule has 0 fully saturated rings. The third kappa shape index (κ3) is 102. The van der Waals surface area contributed by atoms with Gasteiger partial charge >= 0.3 is 0 Å². The highest BCUT2D eigenvalue weighted by Crippen LogP contribution is 2.24. The van der Waals surface area contributed by atoms with Gasteiger partial charge in [-0.1, -0.05) is 642 Å². The van der Waals surface area contributed by atoms with Crippen molar-refractivity contribution in [2.75, 3.05) is 0 Å². The first-order valence-electron chi connectivity index (χ1n) is 51.0. The standard InChI is InChI=1S/C103H206/c1-3-5-7-9-11-13-15-17-19-21-23-25-27-29-31-33-35-37-39-41-43-45-47-49-51-53-55-57-59-61-63-65-67-69-71-73-75-77-79-81-83-85-87-89-91-93-95-97-99-101-103-102-100-98-96-94-92-90-88-86-84-82-80-78-76-74-72-70-68-66-64-62-60-58-56-54-52-50-48-46-44-42-40-38-36-34-32-30-28-26-24-22-20-18-16-14-12-10-8-6-4-2/h3H,1,4-103H2,2H3. The number of hydrogen-bond donors (Lipinski definition) is 0. The number of unbranched alkanes of at least 4 members (excludes halogenated alkanes) is 99. The van der Waals surface area contributed by atoms with Crippen LogP contribution in [0.2, 0.25) is 0 Å². The Bertz CT molecular complexity index is 1380. The van der Waals surface area contributed by atoms with Crippen LogP contribution in [0.1, 0.15) is 649 Å². The van der Waals surface area contributed by atoms with E-state index in [1.807, 2.05) is 0 Å². The molecule has 0 nitrogen and oxygen atoms in total. The van der Waals surface area contributed by atoms with Gasteiger partial charge in [0.15, 0.2) is 0 Å². The molecule has 0 aliphatic heterocycles. The van der Waals surface area contributed by atoms with Crippen molar-refractivity contribution in [2.24, 2.45) is 0 Å². The summed E-state index contributed by atoms with van der Waals surface area (Å²) in [7, 11) is 0. The van der Waals surface area contributed by atoms with Crippen LogP contribution in [-0.2, 0) is 0 Å². The van der Waals surface area contributed by atoms with Crippen LogP contribution < -0.4 is 0 Å². The summed E-state index contributed by atoms with van der Waals surface area (Å²) in [6, 6.07) is 0. The van der Waals surface area contributed by atoms with E-state index in [1.165, 1.54) is 642 Å². The lowest BCUT2D eigenvalue weighted by molar-refractivity contribution is 0.505. The largest absolute Gasteiger partial charge is 0.103 e. The van der Waals surface area contributed by atoms with Crippen molar-refractivity contribution in [1.29, 1.82) is 0 Å². The highest BCUT2D eigenvalue weighted by molar-refractivity contribution is 4.66. The summed E-state index contributed by atoms with van der Waals surface area (Å²) in [5.41, 5.74) is 0. The second kappa shape index (κ2) is 102. The zero-order chi connectivity index (χ0) is 73.4. The van der Waals surface area contributed by atoms with E-state index in [0.29, 0.717) is 0 Å². The molecule has 0 saturated heterocycles. The molecule has 103 heavy (non-hydrogen) atoms. The van der Waals surface area contributed by atoms with Crippen molar-refractivity contribution in [3.05, 3.63) is 12.7 Å². The summed E-state index contributed by atoms with van der Waals surface area (Å²) in [5, 5.41) is 0. The fraction of sp³-hybridized carbons (Fsp3) is 0.981. The van der Waals surface area contributed by atoms with Crippen LogP contribution in [0.5, 0.6) is 0 Å². The monoisotopic (exact) mass is 1440 g/mol.